The predicted molar refractivity (Wildman–Crippen MR) is 149 cm³/mol. The predicted octanol–water partition coefficient (Wildman–Crippen LogP) is 6.75. The van der Waals surface area contributed by atoms with Crippen LogP contribution in [0.15, 0.2) is 88.1 Å². The van der Waals surface area contributed by atoms with Crippen LogP contribution in [-0.4, -0.2) is 18.6 Å². The molecule has 4 aromatic rings. The van der Waals surface area contributed by atoms with Crippen LogP contribution >= 0.6 is 11.6 Å². The molecule has 3 aromatic carbocycles. The number of fused-ring (bicyclic) bond motifs is 1. The van der Waals surface area contributed by atoms with Gasteiger partial charge in [0.2, 0.25) is 0 Å². The highest BCUT2D eigenvalue weighted by Crippen LogP contribution is 2.31. The second-order valence-electron chi connectivity index (χ2n) is 9.74. The lowest BCUT2D eigenvalue weighted by molar-refractivity contribution is -0.140. The van der Waals surface area contributed by atoms with Crippen molar-refractivity contribution >= 4 is 34.6 Å². The van der Waals surface area contributed by atoms with E-state index in [1.165, 1.54) is 0 Å². The molecule has 0 radical (unpaired) electrons. The van der Waals surface area contributed by atoms with E-state index in [0.717, 1.165) is 23.8 Å². The lowest BCUT2D eigenvalue weighted by atomic mass is 9.82. The maximum absolute atomic E-state index is 12.8. The number of halogens is 1. The standard InChI is InChI=1S/C31H28ClNO6/c32-25-13-10-22(11-14-25)27-16-24-12-15-26(17-28(24)39-30(27)35)38-29(34)23-8-6-20(7-9-23)18-33-31(36)37-19-21-4-2-1-3-5-21/h1-5,10-17,20,23H,6-9,18-19H2,(H,33,36). The van der Waals surface area contributed by atoms with Gasteiger partial charge in [-0.3, -0.25) is 4.79 Å². The topological polar surface area (TPSA) is 94.8 Å². The van der Waals surface area contributed by atoms with Gasteiger partial charge in [-0.05, 0) is 73.1 Å². The van der Waals surface area contributed by atoms with Gasteiger partial charge in [0.05, 0.1) is 11.5 Å². The highest BCUT2D eigenvalue weighted by atomic mass is 35.5. The first-order chi connectivity index (χ1) is 18.9. The summed E-state index contributed by atoms with van der Waals surface area (Å²) in [5, 5.41) is 4.13. The molecule has 0 bridgehead atoms. The molecule has 8 heteroatoms. The van der Waals surface area contributed by atoms with Gasteiger partial charge in [-0.15, -0.1) is 0 Å². The molecule has 1 heterocycles. The average Bonchev–Trinajstić information content (AvgIpc) is 2.96. The fourth-order valence-electron chi connectivity index (χ4n) is 4.79. The Morgan fingerprint density at radius 1 is 0.923 bits per heavy atom. The fourth-order valence-corrected chi connectivity index (χ4v) is 4.92. The minimum Gasteiger partial charge on any atom is -0.445 e. The van der Waals surface area contributed by atoms with Crippen LogP contribution in [0.5, 0.6) is 5.75 Å². The Balaban J connectivity index is 1.11. The van der Waals surface area contributed by atoms with E-state index in [4.69, 9.17) is 25.5 Å². The van der Waals surface area contributed by atoms with Crippen molar-refractivity contribution in [3.63, 3.8) is 0 Å². The Morgan fingerprint density at radius 3 is 2.41 bits per heavy atom. The summed E-state index contributed by atoms with van der Waals surface area (Å²) < 4.78 is 16.4. The van der Waals surface area contributed by atoms with Crippen molar-refractivity contribution < 1.29 is 23.5 Å². The zero-order valence-electron chi connectivity index (χ0n) is 21.2. The Kier molecular flexibility index (Phi) is 8.27. The summed E-state index contributed by atoms with van der Waals surface area (Å²) in [5.41, 5.74) is 1.93. The van der Waals surface area contributed by atoms with Crippen LogP contribution in [0.1, 0.15) is 31.2 Å². The Morgan fingerprint density at radius 2 is 1.67 bits per heavy atom. The smallest absolute Gasteiger partial charge is 0.407 e. The molecule has 1 saturated carbocycles. The Bertz CT molecular complexity index is 1510. The van der Waals surface area contributed by atoms with Gasteiger partial charge >= 0.3 is 17.7 Å². The molecule has 0 aliphatic heterocycles. The van der Waals surface area contributed by atoms with E-state index in [1.807, 2.05) is 30.3 Å². The molecular weight excluding hydrogens is 518 g/mol. The second kappa shape index (κ2) is 12.2. The summed E-state index contributed by atoms with van der Waals surface area (Å²) in [4.78, 5) is 37.4. The average molecular weight is 546 g/mol. The summed E-state index contributed by atoms with van der Waals surface area (Å²) in [6.45, 7) is 0.740. The normalized spacial score (nSPS) is 16.9. The van der Waals surface area contributed by atoms with Crippen LogP contribution in [0.4, 0.5) is 4.79 Å². The molecule has 200 valence electrons. The SMILES string of the molecule is O=C(NCC1CCC(C(=O)Oc2ccc3cc(-c4ccc(Cl)cc4)c(=O)oc3c2)CC1)OCc1ccccc1. The van der Waals surface area contributed by atoms with Crippen LogP contribution in [0.25, 0.3) is 22.1 Å². The number of carbonyl (C=O) groups excluding carboxylic acids is 2. The third-order valence-electron chi connectivity index (χ3n) is 7.01. The van der Waals surface area contributed by atoms with E-state index < -0.39 is 11.7 Å². The maximum Gasteiger partial charge on any atom is 0.407 e. The largest absolute Gasteiger partial charge is 0.445 e. The van der Waals surface area contributed by atoms with Crippen LogP contribution in [0.2, 0.25) is 5.02 Å². The number of esters is 1. The van der Waals surface area contributed by atoms with Gasteiger partial charge in [0, 0.05) is 23.0 Å². The molecule has 0 unspecified atom stereocenters. The minimum atomic E-state index is -0.482. The lowest BCUT2D eigenvalue weighted by Crippen LogP contribution is -2.33. The molecule has 1 aliphatic rings. The maximum atomic E-state index is 12.8. The number of nitrogens with one attached hydrogen (secondary N) is 1. The molecule has 0 spiro atoms. The second-order valence-corrected chi connectivity index (χ2v) is 10.2. The zero-order valence-corrected chi connectivity index (χ0v) is 22.0. The summed E-state index contributed by atoms with van der Waals surface area (Å²) in [6, 6.07) is 23.3. The lowest BCUT2D eigenvalue weighted by Gasteiger charge is -2.27. The molecule has 5 rings (SSSR count). The van der Waals surface area contributed by atoms with Gasteiger partial charge in [-0.1, -0.05) is 54.1 Å². The molecule has 1 aromatic heterocycles. The number of amides is 1. The number of alkyl carbamates (subject to hydrolysis) is 1. The van der Waals surface area contributed by atoms with Gasteiger partial charge in [-0.2, -0.15) is 0 Å². The van der Waals surface area contributed by atoms with E-state index in [1.54, 1.807) is 48.5 Å². The summed E-state index contributed by atoms with van der Waals surface area (Å²) in [5.74, 6) is 0.0902. The van der Waals surface area contributed by atoms with E-state index in [2.05, 4.69) is 5.32 Å². The van der Waals surface area contributed by atoms with Crippen LogP contribution < -0.4 is 15.7 Å². The highest BCUT2D eigenvalue weighted by molar-refractivity contribution is 6.30. The first kappa shape index (κ1) is 26.5. The summed E-state index contributed by atoms with van der Waals surface area (Å²) in [7, 11) is 0. The molecule has 1 aliphatic carbocycles. The highest BCUT2D eigenvalue weighted by Gasteiger charge is 2.28. The molecular formula is C31H28ClNO6. The minimum absolute atomic E-state index is 0.221. The van der Waals surface area contributed by atoms with Gasteiger partial charge in [0.15, 0.2) is 0 Å². The van der Waals surface area contributed by atoms with Gasteiger partial charge in [-0.25, -0.2) is 9.59 Å². The fraction of sp³-hybridized carbons (Fsp3) is 0.258. The molecule has 0 atom stereocenters. The molecule has 1 fully saturated rings. The van der Waals surface area contributed by atoms with Crippen molar-refractivity contribution in [1.82, 2.24) is 5.32 Å². The van der Waals surface area contributed by atoms with E-state index in [-0.39, 0.29) is 24.4 Å². The third-order valence-corrected chi connectivity index (χ3v) is 7.26. The van der Waals surface area contributed by atoms with Gasteiger partial charge in [0.1, 0.15) is 17.9 Å². The number of benzene rings is 3. The quantitative estimate of drug-likeness (QED) is 0.157. The van der Waals surface area contributed by atoms with Crippen molar-refractivity contribution in [2.24, 2.45) is 11.8 Å². The summed E-state index contributed by atoms with van der Waals surface area (Å²) >= 11 is 5.95. The van der Waals surface area contributed by atoms with E-state index in [9.17, 15) is 14.4 Å². The molecule has 39 heavy (non-hydrogen) atoms. The van der Waals surface area contributed by atoms with Crippen molar-refractivity contribution in [1.29, 1.82) is 0 Å². The Labute approximate surface area is 230 Å². The number of carbonyl (C=O) groups is 2. The Hall–Kier alpha value is -4.10. The first-order valence-corrected chi connectivity index (χ1v) is 13.3. The van der Waals surface area contributed by atoms with Crippen molar-refractivity contribution in [2.75, 3.05) is 6.54 Å². The number of hydrogen-bond donors (Lipinski definition) is 1. The molecule has 1 amide bonds. The van der Waals surface area contributed by atoms with E-state index >= 15 is 0 Å². The number of hydrogen-bond acceptors (Lipinski definition) is 6. The molecule has 0 saturated heterocycles. The van der Waals surface area contributed by atoms with Crippen LogP contribution in [-0.2, 0) is 16.1 Å². The monoisotopic (exact) mass is 545 g/mol. The zero-order chi connectivity index (χ0) is 27.2. The van der Waals surface area contributed by atoms with Gasteiger partial charge < -0.3 is 19.2 Å². The van der Waals surface area contributed by atoms with Crippen molar-refractivity contribution in [3.8, 4) is 16.9 Å². The first-order valence-electron chi connectivity index (χ1n) is 12.9. The van der Waals surface area contributed by atoms with Gasteiger partial charge in [0.25, 0.3) is 0 Å². The third kappa shape index (κ3) is 6.86. The molecule has 7 nitrogen and oxygen atoms in total. The van der Waals surface area contributed by atoms with E-state index in [0.29, 0.717) is 46.9 Å². The molecule has 1 N–H and O–H groups in total. The van der Waals surface area contributed by atoms with Crippen LogP contribution in [0, 0.1) is 11.8 Å². The number of ether oxygens (including phenoxy) is 2. The van der Waals surface area contributed by atoms with Crippen molar-refractivity contribution in [3.05, 3.63) is 99.9 Å². The number of rotatable bonds is 7. The summed E-state index contributed by atoms with van der Waals surface area (Å²) in [6.07, 6.45) is 2.52. The van der Waals surface area contributed by atoms with Crippen LogP contribution in [0.3, 0.4) is 0 Å². The van der Waals surface area contributed by atoms with Crippen molar-refractivity contribution in [2.45, 2.75) is 32.3 Å².